The fourth-order valence-electron chi connectivity index (χ4n) is 1.38. The van der Waals surface area contributed by atoms with Crippen molar-refractivity contribution in [3.63, 3.8) is 0 Å². The van der Waals surface area contributed by atoms with E-state index in [0.29, 0.717) is 31.2 Å². The average Bonchev–Trinajstić information content (AvgIpc) is 2.42. The fraction of sp³-hybridized carbons (Fsp3) is 0.462. The summed E-state index contributed by atoms with van der Waals surface area (Å²) in [5, 5.41) is 2.82. The van der Waals surface area contributed by atoms with Crippen LogP contribution in [-0.2, 0) is 4.74 Å². The first-order valence-corrected chi connectivity index (χ1v) is 6.37. The second-order valence-electron chi connectivity index (χ2n) is 3.64. The predicted molar refractivity (Wildman–Crippen MR) is 71.5 cm³/mol. The van der Waals surface area contributed by atoms with Crippen LogP contribution in [0.4, 0.5) is 0 Å². The summed E-state index contributed by atoms with van der Waals surface area (Å²) in [6.45, 7) is 1.75. The Morgan fingerprint density at radius 1 is 1.28 bits per heavy atom. The van der Waals surface area contributed by atoms with Gasteiger partial charge in [0.1, 0.15) is 5.75 Å². The molecule has 18 heavy (non-hydrogen) atoms. The third kappa shape index (κ3) is 5.38. The summed E-state index contributed by atoms with van der Waals surface area (Å²) in [5.41, 5.74) is 0.623. The number of carbonyl (C=O) groups excluding carboxylic acids is 1. The molecule has 1 N–H and O–H groups in total. The number of hydrogen-bond acceptors (Lipinski definition) is 3. The van der Waals surface area contributed by atoms with Crippen molar-refractivity contribution in [3.05, 3.63) is 29.8 Å². The number of benzene rings is 1. The maximum atomic E-state index is 11.7. The van der Waals surface area contributed by atoms with E-state index in [1.807, 2.05) is 0 Å². The van der Waals surface area contributed by atoms with Crippen molar-refractivity contribution in [3.8, 4) is 5.75 Å². The van der Waals surface area contributed by atoms with Gasteiger partial charge in [0.05, 0.1) is 13.7 Å². The summed E-state index contributed by atoms with van der Waals surface area (Å²) in [7, 11) is 1.59. The molecule has 0 aliphatic heterocycles. The summed E-state index contributed by atoms with van der Waals surface area (Å²) in [5.74, 6) is 1.15. The molecule has 0 fully saturated rings. The summed E-state index contributed by atoms with van der Waals surface area (Å²) < 4.78 is 10.2. The minimum absolute atomic E-state index is 0.0880. The lowest BCUT2D eigenvalue weighted by Crippen LogP contribution is -2.25. The van der Waals surface area contributed by atoms with E-state index >= 15 is 0 Å². The highest BCUT2D eigenvalue weighted by molar-refractivity contribution is 6.17. The van der Waals surface area contributed by atoms with Crippen molar-refractivity contribution >= 4 is 17.5 Å². The Kier molecular flexibility index (Phi) is 7.22. The molecule has 0 atom stereocenters. The zero-order valence-corrected chi connectivity index (χ0v) is 11.2. The van der Waals surface area contributed by atoms with Gasteiger partial charge >= 0.3 is 0 Å². The molecule has 1 rings (SSSR count). The Morgan fingerprint density at radius 3 is 2.61 bits per heavy atom. The van der Waals surface area contributed by atoms with Gasteiger partial charge in [0.15, 0.2) is 0 Å². The molecule has 0 heterocycles. The Hall–Kier alpha value is -1.26. The first-order chi connectivity index (χ1) is 8.77. The van der Waals surface area contributed by atoms with Gasteiger partial charge in [-0.1, -0.05) is 0 Å². The van der Waals surface area contributed by atoms with Gasteiger partial charge in [-0.25, -0.2) is 0 Å². The maximum Gasteiger partial charge on any atom is 0.251 e. The van der Waals surface area contributed by atoms with Crippen molar-refractivity contribution < 1.29 is 14.3 Å². The van der Waals surface area contributed by atoms with E-state index < -0.39 is 0 Å². The molecule has 1 aromatic carbocycles. The number of hydrogen-bond donors (Lipinski definition) is 1. The Labute approximate surface area is 112 Å². The van der Waals surface area contributed by atoms with Gasteiger partial charge in [0.2, 0.25) is 0 Å². The zero-order valence-electron chi connectivity index (χ0n) is 10.4. The lowest BCUT2D eigenvalue weighted by atomic mass is 10.2. The van der Waals surface area contributed by atoms with Crippen LogP contribution >= 0.6 is 11.6 Å². The molecule has 0 saturated carbocycles. The summed E-state index contributed by atoms with van der Waals surface area (Å²) in [4.78, 5) is 11.7. The van der Waals surface area contributed by atoms with Crippen LogP contribution in [0.15, 0.2) is 24.3 Å². The topological polar surface area (TPSA) is 47.6 Å². The molecule has 0 radical (unpaired) electrons. The second-order valence-corrected chi connectivity index (χ2v) is 4.02. The van der Waals surface area contributed by atoms with Gasteiger partial charge in [-0.15, -0.1) is 11.6 Å². The molecule has 0 aromatic heterocycles. The number of halogens is 1. The van der Waals surface area contributed by atoms with Gasteiger partial charge < -0.3 is 14.8 Å². The van der Waals surface area contributed by atoms with Crippen molar-refractivity contribution in [2.24, 2.45) is 0 Å². The molecular weight excluding hydrogens is 254 g/mol. The number of ether oxygens (including phenoxy) is 2. The van der Waals surface area contributed by atoms with Crippen molar-refractivity contribution in [2.45, 2.75) is 6.42 Å². The molecule has 1 amide bonds. The number of amides is 1. The van der Waals surface area contributed by atoms with Gasteiger partial charge in [0.25, 0.3) is 5.91 Å². The van der Waals surface area contributed by atoms with Crippen LogP contribution in [0.5, 0.6) is 5.75 Å². The smallest absolute Gasteiger partial charge is 0.251 e. The lowest BCUT2D eigenvalue weighted by molar-refractivity contribution is 0.0944. The number of rotatable bonds is 8. The molecule has 0 unspecified atom stereocenters. The fourth-order valence-corrected chi connectivity index (χ4v) is 1.49. The normalized spacial score (nSPS) is 10.1. The monoisotopic (exact) mass is 271 g/mol. The van der Waals surface area contributed by atoms with Crippen LogP contribution in [0.25, 0.3) is 0 Å². The molecule has 0 aliphatic carbocycles. The molecule has 5 heteroatoms. The largest absolute Gasteiger partial charge is 0.497 e. The van der Waals surface area contributed by atoms with Crippen LogP contribution in [0.3, 0.4) is 0 Å². The van der Waals surface area contributed by atoms with Crippen LogP contribution in [0.2, 0.25) is 0 Å². The highest BCUT2D eigenvalue weighted by Crippen LogP contribution is 2.10. The van der Waals surface area contributed by atoms with E-state index in [0.717, 1.165) is 12.2 Å². The lowest BCUT2D eigenvalue weighted by Gasteiger charge is -2.06. The van der Waals surface area contributed by atoms with Gasteiger partial charge in [-0.05, 0) is 30.7 Å². The molecule has 0 spiro atoms. The second kappa shape index (κ2) is 8.78. The number of carbonyl (C=O) groups is 1. The Bertz CT molecular complexity index is 354. The zero-order chi connectivity index (χ0) is 13.2. The molecule has 4 nitrogen and oxygen atoms in total. The molecule has 1 aromatic rings. The van der Waals surface area contributed by atoms with Gasteiger partial charge in [-0.3, -0.25) is 4.79 Å². The highest BCUT2D eigenvalue weighted by atomic mass is 35.5. The highest BCUT2D eigenvalue weighted by Gasteiger charge is 2.04. The van der Waals surface area contributed by atoms with Crippen molar-refractivity contribution in [1.29, 1.82) is 0 Å². The summed E-state index contributed by atoms with van der Waals surface area (Å²) in [6.07, 6.45) is 0.777. The Morgan fingerprint density at radius 2 is 2.00 bits per heavy atom. The van der Waals surface area contributed by atoms with E-state index in [4.69, 9.17) is 21.1 Å². The number of alkyl halides is 1. The standard InChI is InChI=1S/C13H18ClNO3/c1-17-12-5-3-11(4-6-12)13(16)15-8-2-9-18-10-7-14/h3-6H,2,7-10H2,1H3,(H,15,16). The number of methoxy groups -OCH3 is 1. The van der Waals surface area contributed by atoms with Gasteiger partial charge in [-0.2, -0.15) is 0 Å². The Balaban J connectivity index is 2.23. The first kappa shape index (κ1) is 14.8. The summed E-state index contributed by atoms with van der Waals surface area (Å²) in [6, 6.07) is 6.99. The maximum absolute atomic E-state index is 11.7. The quantitative estimate of drug-likeness (QED) is 0.582. The molecular formula is C13H18ClNO3. The van der Waals surface area contributed by atoms with E-state index in [1.165, 1.54) is 0 Å². The summed E-state index contributed by atoms with van der Waals surface area (Å²) >= 11 is 5.46. The van der Waals surface area contributed by atoms with E-state index in [-0.39, 0.29) is 5.91 Å². The third-order valence-electron chi connectivity index (χ3n) is 2.32. The van der Waals surface area contributed by atoms with Crippen LogP contribution in [0, 0.1) is 0 Å². The van der Waals surface area contributed by atoms with Gasteiger partial charge in [0, 0.05) is 24.6 Å². The minimum atomic E-state index is -0.0880. The average molecular weight is 272 g/mol. The molecule has 0 saturated heterocycles. The SMILES string of the molecule is COc1ccc(C(=O)NCCCOCCCl)cc1. The van der Waals surface area contributed by atoms with E-state index in [1.54, 1.807) is 31.4 Å². The van der Waals surface area contributed by atoms with Crippen LogP contribution in [-0.4, -0.2) is 38.7 Å². The minimum Gasteiger partial charge on any atom is -0.497 e. The predicted octanol–water partition coefficient (Wildman–Crippen LogP) is 2.07. The first-order valence-electron chi connectivity index (χ1n) is 5.84. The van der Waals surface area contributed by atoms with Crippen LogP contribution < -0.4 is 10.1 Å². The van der Waals surface area contributed by atoms with Crippen molar-refractivity contribution in [2.75, 3.05) is 32.7 Å². The van der Waals surface area contributed by atoms with Crippen LogP contribution in [0.1, 0.15) is 16.8 Å². The molecule has 0 bridgehead atoms. The van der Waals surface area contributed by atoms with Crippen molar-refractivity contribution in [1.82, 2.24) is 5.32 Å². The van der Waals surface area contributed by atoms with E-state index in [2.05, 4.69) is 5.32 Å². The molecule has 0 aliphatic rings. The number of nitrogens with one attached hydrogen (secondary N) is 1. The third-order valence-corrected chi connectivity index (χ3v) is 2.48. The molecule has 100 valence electrons. The van der Waals surface area contributed by atoms with E-state index in [9.17, 15) is 4.79 Å².